The average molecular weight is 360 g/mol. The molecule has 2 saturated heterocycles. The van der Waals surface area contributed by atoms with Crippen molar-refractivity contribution < 1.29 is 19.1 Å². The van der Waals surface area contributed by atoms with Crippen molar-refractivity contribution in [2.45, 2.75) is 45.3 Å². The third-order valence-electron chi connectivity index (χ3n) is 5.16. The second-order valence-electron chi connectivity index (χ2n) is 7.09. The number of piperidine rings is 1. The lowest BCUT2D eigenvalue weighted by atomic mass is 9.96. The molecular weight excluding hydrogens is 332 g/mol. The second kappa shape index (κ2) is 9.03. The van der Waals surface area contributed by atoms with E-state index in [0.29, 0.717) is 26.2 Å². The summed E-state index contributed by atoms with van der Waals surface area (Å²) in [6.07, 6.45) is 3.86. The van der Waals surface area contributed by atoms with Crippen LogP contribution < -0.4 is 10.1 Å². The molecule has 0 radical (unpaired) electrons. The van der Waals surface area contributed by atoms with Gasteiger partial charge in [0.1, 0.15) is 12.4 Å². The highest BCUT2D eigenvalue weighted by molar-refractivity contribution is 5.79. The summed E-state index contributed by atoms with van der Waals surface area (Å²) in [6.45, 7) is 4.86. The van der Waals surface area contributed by atoms with E-state index in [1.807, 2.05) is 24.3 Å². The fourth-order valence-corrected chi connectivity index (χ4v) is 3.46. The fraction of sp³-hybridized carbons (Fsp3) is 0.600. The molecule has 0 aliphatic carbocycles. The van der Waals surface area contributed by atoms with Crippen molar-refractivity contribution in [3.8, 4) is 5.75 Å². The zero-order valence-corrected chi connectivity index (χ0v) is 15.4. The summed E-state index contributed by atoms with van der Waals surface area (Å²) >= 11 is 0. The van der Waals surface area contributed by atoms with Crippen LogP contribution in [0.2, 0.25) is 0 Å². The first kappa shape index (κ1) is 18.7. The molecule has 2 amide bonds. The molecule has 6 heteroatoms. The molecule has 1 atom stereocenters. The SMILES string of the molecule is CC(=O)N1CCC(C(=O)NCc2ccc(OC[C@H]3CCCO3)cc2)CC1. The van der Waals surface area contributed by atoms with E-state index in [4.69, 9.17) is 9.47 Å². The molecular formula is C20H28N2O4. The minimum absolute atomic E-state index is 0.000354. The van der Waals surface area contributed by atoms with Crippen LogP contribution in [-0.2, 0) is 20.9 Å². The number of hydrogen-bond acceptors (Lipinski definition) is 4. The van der Waals surface area contributed by atoms with Gasteiger partial charge < -0.3 is 19.7 Å². The van der Waals surface area contributed by atoms with Gasteiger partial charge in [0.05, 0.1) is 6.10 Å². The van der Waals surface area contributed by atoms with Crippen LogP contribution >= 0.6 is 0 Å². The average Bonchev–Trinajstić information content (AvgIpc) is 3.19. The van der Waals surface area contributed by atoms with Crippen LogP contribution in [0.15, 0.2) is 24.3 Å². The lowest BCUT2D eigenvalue weighted by molar-refractivity contribution is -0.134. The standard InChI is InChI=1S/C20H28N2O4/c1-15(23)22-10-8-17(9-11-22)20(24)21-13-16-4-6-18(7-5-16)26-14-19-3-2-12-25-19/h4-7,17,19H,2-3,8-14H2,1H3,(H,21,24)/t19-/m1/s1. The zero-order chi connectivity index (χ0) is 18.4. The van der Waals surface area contributed by atoms with Gasteiger partial charge in [0.25, 0.3) is 0 Å². The molecule has 2 heterocycles. The quantitative estimate of drug-likeness (QED) is 0.844. The number of rotatable bonds is 6. The number of amides is 2. The largest absolute Gasteiger partial charge is 0.491 e. The van der Waals surface area contributed by atoms with E-state index in [1.165, 1.54) is 0 Å². The predicted octanol–water partition coefficient (Wildman–Crippen LogP) is 2.12. The smallest absolute Gasteiger partial charge is 0.223 e. The van der Waals surface area contributed by atoms with Gasteiger partial charge in [-0.15, -0.1) is 0 Å². The van der Waals surface area contributed by atoms with Crippen LogP contribution in [-0.4, -0.2) is 49.1 Å². The van der Waals surface area contributed by atoms with Crippen LogP contribution in [0, 0.1) is 5.92 Å². The minimum Gasteiger partial charge on any atom is -0.491 e. The summed E-state index contributed by atoms with van der Waals surface area (Å²) in [5, 5.41) is 3.01. The molecule has 2 fully saturated rings. The van der Waals surface area contributed by atoms with Crippen LogP contribution in [0.3, 0.4) is 0 Å². The monoisotopic (exact) mass is 360 g/mol. The summed E-state index contributed by atoms with van der Waals surface area (Å²) < 4.78 is 11.3. The van der Waals surface area contributed by atoms with Gasteiger partial charge in [0.2, 0.25) is 11.8 Å². The van der Waals surface area contributed by atoms with Crippen molar-refractivity contribution in [2.75, 3.05) is 26.3 Å². The maximum absolute atomic E-state index is 12.3. The normalized spacial score (nSPS) is 20.8. The van der Waals surface area contributed by atoms with Gasteiger partial charge >= 0.3 is 0 Å². The Hall–Kier alpha value is -2.08. The molecule has 0 unspecified atom stereocenters. The summed E-state index contributed by atoms with van der Waals surface area (Å²) in [5.41, 5.74) is 1.05. The second-order valence-corrected chi connectivity index (χ2v) is 7.09. The van der Waals surface area contributed by atoms with Gasteiger partial charge in [-0.1, -0.05) is 12.1 Å². The molecule has 3 rings (SSSR count). The van der Waals surface area contributed by atoms with Gasteiger partial charge in [-0.25, -0.2) is 0 Å². The Labute approximate surface area is 154 Å². The Morgan fingerprint density at radius 1 is 1.19 bits per heavy atom. The number of carbonyl (C=O) groups is 2. The number of nitrogens with zero attached hydrogens (tertiary/aromatic N) is 1. The summed E-state index contributed by atoms with van der Waals surface area (Å²) in [6, 6.07) is 7.82. The van der Waals surface area contributed by atoms with Crippen molar-refractivity contribution in [3.05, 3.63) is 29.8 Å². The Morgan fingerprint density at radius 2 is 1.92 bits per heavy atom. The lowest BCUT2D eigenvalue weighted by Crippen LogP contribution is -2.42. The molecule has 142 valence electrons. The van der Waals surface area contributed by atoms with E-state index in [0.717, 1.165) is 43.6 Å². The molecule has 1 N–H and O–H groups in total. The van der Waals surface area contributed by atoms with Crippen molar-refractivity contribution >= 4 is 11.8 Å². The van der Waals surface area contributed by atoms with Crippen molar-refractivity contribution in [1.82, 2.24) is 10.2 Å². The number of carbonyl (C=O) groups excluding carboxylic acids is 2. The van der Waals surface area contributed by atoms with E-state index in [9.17, 15) is 9.59 Å². The van der Waals surface area contributed by atoms with Gasteiger partial charge in [-0.2, -0.15) is 0 Å². The first-order valence-electron chi connectivity index (χ1n) is 9.48. The number of likely N-dealkylation sites (tertiary alicyclic amines) is 1. The minimum atomic E-state index is -0.000354. The highest BCUT2D eigenvalue weighted by Crippen LogP contribution is 2.19. The maximum Gasteiger partial charge on any atom is 0.223 e. The van der Waals surface area contributed by atoms with Crippen LogP contribution in [0.1, 0.15) is 38.2 Å². The summed E-state index contributed by atoms with van der Waals surface area (Å²) in [7, 11) is 0. The van der Waals surface area contributed by atoms with E-state index >= 15 is 0 Å². The fourth-order valence-electron chi connectivity index (χ4n) is 3.46. The molecule has 2 aliphatic rings. The molecule has 0 bridgehead atoms. The first-order chi connectivity index (χ1) is 12.6. The molecule has 1 aromatic rings. The van der Waals surface area contributed by atoms with E-state index in [-0.39, 0.29) is 23.8 Å². The lowest BCUT2D eigenvalue weighted by Gasteiger charge is -2.30. The maximum atomic E-state index is 12.3. The highest BCUT2D eigenvalue weighted by Gasteiger charge is 2.25. The zero-order valence-electron chi connectivity index (χ0n) is 15.4. The molecule has 0 aromatic heterocycles. The molecule has 0 saturated carbocycles. The molecule has 26 heavy (non-hydrogen) atoms. The Bertz CT molecular complexity index is 603. The third kappa shape index (κ3) is 5.21. The van der Waals surface area contributed by atoms with Crippen molar-refractivity contribution in [2.24, 2.45) is 5.92 Å². The van der Waals surface area contributed by atoms with Gasteiger partial charge in [-0.3, -0.25) is 9.59 Å². The van der Waals surface area contributed by atoms with Gasteiger partial charge in [-0.05, 0) is 43.4 Å². The summed E-state index contributed by atoms with van der Waals surface area (Å²) in [5.74, 6) is 0.990. The third-order valence-corrected chi connectivity index (χ3v) is 5.16. The Morgan fingerprint density at radius 3 is 2.54 bits per heavy atom. The van der Waals surface area contributed by atoms with E-state index in [2.05, 4.69) is 5.32 Å². The number of nitrogens with one attached hydrogen (secondary N) is 1. The Kier molecular flexibility index (Phi) is 6.50. The number of ether oxygens (including phenoxy) is 2. The van der Waals surface area contributed by atoms with Crippen LogP contribution in [0.4, 0.5) is 0 Å². The molecule has 6 nitrogen and oxygen atoms in total. The highest BCUT2D eigenvalue weighted by atomic mass is 16.5. The van der Waals surface area contributed by atoms with Crippen LogP contribution in [0.5, 0.6) is 5.75 Å². The van der Waals surface area contributed by atoms with Crippen LogP contribution in [0.25, 0.3) is 0 Å². The van der Waals surface area contributed by atoms with Gasteiger partial charge in [0.15, 0.2) is 0 Å². The van der Waals surface area contributed by atoms with E-state index in [1.54, 1.807) is 11.8 Å². The molecule has 1 aromatic carbocycles. The van der Waals surface area contributed by atoms with Crippen molar-refractivity contribution in [3.63, 3.8) is 0 Å². The molecule has 2 aliphatic heterocycles. The first-order valence-corrected chi connectivity index (χ1v) is 9.48. The van der Waals surface area contributed by atoms with Crippen molar-refractivity contribution in [1.29, 1.82) is 0 Å². The molecule has 0 spiro atoms. The number of benzene rings is 1. The van der Waals surface area contributed by atoms with E-state index < -0.39 is 0 Å². The number of hydrogen-bond donors (Lipinski definition) is 1. The van der Waals surface area contributed by atoms with Gasteiger partial charge in [0, 0.05) is 39.1 Å². The topological polar surface area (TPSA) is 67.9 Å². The Balaban J connectivity index is 1.38. The predicted molar refractivity (Wildman–Crippen MR) is 97.7 cm³/mol. The summed E-state index contributed by atoms with van der Waals surface area (Å²) in [4.78, 5) is 25.5.